The van der Waals surface area contributed by atoms with Crippen molar-refractivity contribution in [2.24, 2.45) is 11.8 Å². The highest BCUT2D eigenvalue weighted by atomic mass is 16.1. The van der Waals surface area contributed by atoms with Gasteiger partial charge in [-0.15, -0.1) is 0 Å². The molecule has 1 aliphatic rings. The summed E-state index contributed by atoms with van der Waals surface area (Å²) in [5.41, 5.74) is 0. The molecule has 15 heavy (non-hydrogen) atoms. The lowest BCUT2D eigenvalue weighted by Gasteiger charge is -2.28. The van der Waals surface area contributed by atoms with Crippen LogP contribution in [-0.2, 0) is 4.79 Å². The van der Waals surface area contributed by atoms with Crippen molar-refractivity contribution in [1.82, 2.24) is 0 Å². The molecule has 0 atom stereocenters. The van der Waals surface area contributed by atoms with Crippen LogP contribution in [0.4, 0.5) is 0 Å². The third-order valence-corrected chi connectivity index (χ3v) is 3.69. The van der Waals surface area contributed by atoms with E-state index in [1.807, 2.05) is 0 Å². The Morgan fingerprint density at radius 3 is 2.20 bits per heavy atom. The predicted octanol–water partition coefficient (Wildman–Crippen LogP) is 4.13. The van der Waals surface area contributed by atoms with Gasteiger partial charge in [0.15, 0.2) is 5.78 Å². The average Bonchev–Trinajstić information content (AvgIpc) is 2.28. The number of allylic oxidation sites excluding steroid dienone is 1. The Morgan fingerprint density at radius 2 is 1.73 bits per heavy atom. The zero-order chi connectivity index (χ0) is 11.1. The van der Waals surface area contributed by atoms with E-state index in [0.29, 0.717) is 6.42 Å². The standard InChI is InChI=1S/C14H24O/c1-3-5-12-6-8-13(9-7-12)10-11-14(15)4-2/h4,12-13H,2-3,5-11H2,1H3. The molecule has 0 aliphatic heterocycles. The van der Waals surface area contributed by atoms with Crippen molar-refractivity contribution in [3.05, 3.63) is 12.7 Å². The van der Waals surface area contributed by atoms with E-state index in [2.05, 4.69) is 13.5 Å². The summed E-state index contributed by atoms with van der Waals surface area (Å²) in [6, 6.07) is 0. The van der Waals surface area contributed by atoms with Crippen LogP contribution in [0.25, 0.3) is 0 Å². The first kappa shape index (κ1) is 12.5. The largest absolute Gasteiger partial charge is 0.295 e. The van der Waals surface area contributed by atoms with Crippen molar-refractivity contribution in [2.75, 3.05) is 0 Å². The predicted molar refractivity (Wildman–Crippen MR) is 64.8 cm³/mol. The smallest absolute Gasteiger partial charge is 0.155 e. The van der Waals surface area contributed by atoms with E-state index in [9.17, 15) is 4.79 Å². The molecule has 0 spiro atoms. The minimum absolute atomic E-state index is 0.214. The summed E-state index contributed by atoms with van der Waals surface area (Å²) < 4.78 is 0. The third kappa shape index (κ3) is 4.63. The van der Waals surface area contributed by atoms with Crippen molar-refractivity contribution in [2.45, 2.75) is 58.3 Å². The Hall–Kier alpha value is -0.590. The van der Waals surface area contributed by atoms with Crippen LogP contribution in [0, 0.1) is 11.8 Å². The molecule has 0 saturated heterocycles. The Kier molecular flexibility index (Phi) is 5.67. The van der Waals surface area contributed by atoms with Gasteiger partial charge in [0.1, 0.15) is 0 Å². The van der Waals surface area contributed by atoms with E-state index >= 15 is 0 Å². The maximum atomic E-state index is 11.1. The highest BCUT2D eigenvalue weighted by Crippen LogP contribution is 2.33. The molecule has 1 rings (SSSR count). The van der Waals surface area contributed by atoms with Gasteiger partial charge in [-0.25, -0.2) is 0 Å². The highest BCUT2D eigenvalue weighted by molar-refractivity contribution is 5.88. The minimum Gasteiger partial charge on any atom is -0.295 e. The Labute approximate surface area is 93.9 Å². The Bertz CT molecular complexity index is 199. The molecule has 0 unspecified atom stereocenters. The Balaban J connectivity index is 2.14. The molecule has 0 amide bonds. The summed E-state index contributed by atoms with van der Waals surface area (Å²) in [5.74, 6) is 1.99. The summed E-state index contributed by atoms with van der Waals surface area (Å²) in [6.07, 6.45) is 11.5. The number of carbonyl (C=O) groups excluding carboxylic acids is 1. The molecule has 0 aromatic carbocycles. The zero-order valence-electron chi connectivity index (χ0n) is 10.0. The monoisotopic (exact) mass is 208 g/mol. The molecule has 1 nitrogen and oxygen atoms in total. The van der Waals surface area contributed by atoms with Crippen molar-refractivity contribution < 1.29 is 4.79 Å². The summed E-state index contributed by atoms with van der Waals surface area (Å²) >= 11 is 0. The van der Waals surface area contributed by atoms with Crippen LogP contribution in [0.3, 0.4) is 0 Å². The van der Waals surface area contributed by atoms with Crippen molar-refractivity contribution in [3.63, 3.8) is 0 Å². The Morgan fingerprint density at radius 1 is 1.20 bits per heavy atom. The lowest BCUT2D eigenvalue weighted by atomic mass is 9.78. The molecular formula is C14H24O. The fourth-order valence-electron chi connectivity index (χ4n) is 2.67. The molecule has 0 aromatic heterocycles. The van der Waals surface area contributed by atoms with Crippen LogP contribution in [0.5, 0.6) is 0 Å². The van der Waals surface area contributed by atoms with Gasteiger partial charge in [0.05, 0.1) is 0 Å². The van der Waals surface area contributed by atoms with Crippen molar-refractivity contribution >= 4 is 5.78 Å². The van der Waals surface area contributed by atoms with Gasteiger partial charge in [-0.2, -0.15) is 0 Å². The maximum Gasteiger partial charge on any atom is 0.155 e. The van der Waals surface area contributed by atoms with Crippen LogP contribution in [0.15, 0.2) is 12.7 Å². The van der Waals surface area contributed by atoms with Gasteiger partial charge in [-0.05, 0) is 24.3 Å². The van der Waals surface area contributed by atoms with Crippen LogP contribution in [0.1, 0.15) is 58.3 Å². The van der Waals surface area contributed by atoms with Gasteiger partial charge in [-0.3, -0.25) is 4.79 Å². The first-order valence-corrected chi connectivity index (χ1v) is 6.41. The summed E-state index contributed by atoms with van der Waals surface area (Å²) in [7, 11) is 0. The minimum atomic E-state index is 0.214. The first-order chi connectivity index (χ1) is 7.26. The molecule has 0 bridgehead atoms. The van der Waals surface area contributed by atoms with Crippen LogP contribution in [0.2, 0.25) is 0 Å². The summed E-state index contributed by atoms with van der Waals surface area (Å²) in [4.78, 5) is 11.1. The number of hydrogen-bond donors (Lipinski definition) is 0. The van der Waals surface area contributed by atoms with Gasteiger partial charge in [0.25, 0.3) is 0 Å². The number of ketones is 1. The van der Waals surface area contributed by atoms with Crippen molar-refractivity contribution in [1.29, 1.82) is 0 Å². The highest BCUT2D eigenvalue weighted by Gasteiger charge is 2.20. The van der Waals surface area contributed by atoms with Crippen LogP contribution in [-0.4, -0.2) is 5.78 Å². The molecule has 0 heterocycles. The average molecular weight is 208 g/mol. The molecule has 1 aliphatic carbocycles. The third-order valence-electron chi connectivity index (χ3n) is 3.69. The quantitative estimate of drug-likeness (QED) is 0.600. The summed E-state index contributed by atoms with van der Waals surface area (Å²) in [5, 5.41) is 0. The van der Waals surface area contributed by atoms with E-state index < -0.39 is 0 Å². The fraction of sp³-hybridized carbons (Fsp3) is 0.786. The van der Waals surface area contributed by atoms with Crippen LogP contribution < -0.4 is 0 Å². The molecule has 0 aromatic rings. The van der Waals surface area contributed by atoms with Gasteiger partial charge in [0.2, 0.25) is 0 Å². The van der Waals surface area contributed by atoms with Gasteiger partial charge in [-0.1, -0.05) is 52.0 Å². The molecule has 1 fully saturated rings. The van der Waals surface area contributed by atoms with E-state index in [0.717, 1.165) is 18.3 Å². The topological polar surface area (TPSA) is 17.1 Å². The molecule has 1 saturated carbocycles. The number of hydrogen-bond acceptors (Lipinski definition) is 1. The molecular weight excluding hydrogens is 184 g/mol. The molecule has 1 heteroatoms. The summed E-state index contributed by atoms with van der Waals surface area (Å²) in [6.45, 7) is 5.78. The van der Waals surface area contributed by atoms with E-state index in [-0.39, 0.29) is 5.78 Å². The van der Waals surface area contributed by atoms with E-state index in [1.54, 1.807) is 0 Å². The molecule has 0 N–H and O–H groups in total. The maximum absolute atomic E-state index is 11.1. The number of carbonyl (C=O) groups is 1. The van der Waals surface area contributed by atoms with Gasteiger partial charge < -0.3 is 0 Å². The van der Waals surface area contributed by atoms with E-state index in [4.69, 9.17) is 0 Å². The second-order valence-corrected chi connectivity index (χ2v) is 4.88. The lowest BCUT2D eigenvalue weighted by molar-refractivity contribution is -0.114. The lowest BCUT2D eigenvalue weighted by Crippen LogP contribution is -2.15. The SMILES string of the molecule is C=CC(=O)CCC1CCC(CCC)CC1. The van der Waals surface area contributed by atoms with Crippen molar-refractivity contribution in [3.8, 4) is 0 Å². The molecule has 0 radical (unpaired) electrons. The second-order valence-electron chi connectivity index (χ2n) is 4.88. The first-order valence-electron chi connectivity index (χ1n) is 6.41. The number of rotatable bonds is 6. The molecule has 86 valence electrons. The normalized spacial score (nSPS) is 26.2. The van der Waals surface area contributed by atoms with Gasteiger partial charge >= 0.3 is 0 Å². The van der Waals surface area contributed by atoms with Gasteiger partial charge in [0, 0.05) is 6.42 Å². The second kappa shape index (κ2) is 6.81. The zero-order valence-corrected chi connectivity index (χ0v) is 10.0. The van der Waals surface area contributed by atoms with Crippen LogP contribution >= 0.6 is 0 Å². The fourth-order valence-corrected chi connectivity index (χ4v) is 2.67. The van der Waals surface area contributed by atoms with E-state index in [1.165, 1.54) is 44.6 Å².